The van der Waals surface area contributed by atoms with E-state index in [-0.39, 0.29) is 0 Å². The van der Waals surface area contributed by atoms with Gasteiger partial charge in [-0.25, -0.2) is 4.98 Å². The first-order valence-corrected chi connectivity index (χ1v) is 6.38. The highest BCUT2D eigenvalue weighted by molar-refractivity contribution is 8.01. The van der Waals surface area contributed by atoms with Crippen molar-refractivity contribution in [3.05, 3.63) is 23.8 Å². The van der Waals surface area contributed by atoms with Crippen LogP contribution in [0.2, 0.25) is 0 Å². The van der Waals surface area contributed by atoms with Crippen LogP contribution in [-0.4, -0.2) is 10.2 Å². The molecular formula is C11H13NS2. The fourth-order valence-electron chi connectivity index (χ4n) is 1.27. The van der Waals surface area contributed by atoms with E-state index in [1.54, 1.807) is 11.3 Å². The summed E-state index contributed by atoms with van der Waals surface area (Å²) in [6.45, 7) is 6.50. The average molecular weight is 223 g/mol. The molecule has 0 N–H and O–H groups in total. The van der Waals surface area contributed by atoms with E-state index in [0.717, 1.165) is 5.52 Å². The average Bonchev–Trinajstić information content (AvgIpc) is 2.44. The molecule has 0 radical (unpaired) electrons. The molecule has 2 aromatic rings. The van der Waals surface area contributed by atoms with Crippen molar-refractivity contribution in [1.82, 2.24) is 4.98 Å². The number of aromatic nitrogens is 1. The first kappa shape index (κ1) is 9.99. The lowest BCUT2D eigenvalue weighted by molar-refractivity contribution is 1.10. The van der Waals surface area contributed by atoms with Crippen molar-refractivity contribution in [2.45, 2.75) is 30.4 Å². The van der Waals surface area contributed by atoms with Gasteiger partial charge in [0.2, 0.25) is 0 Å². The van der Waals surface area contributed by atoms with Crippen molar-refractivity contribution in [2.75, 3.05) is 0 Å². The van der Waals surface area contributed by atoms with Crippen LogP contribution in [0.25, 0.3) is 10.2 Å². The standard InChI is InChI=1S/C11H13NS2/c1-7(2)13-11-12-9-6-8(3)4-5-10(9)14-11/h4-7H,1-3H3. The van der Waals surface area contributed by atoms with Gasteiger partial charge < -0.3 is 0 Å². The Morgan fingerprint density at radius 3 is 2.86 bits per heavy atom. The Kier molecular flexibility index (Phi) is 2.79. The summed E-state index contributed by atoms with van der Waals surface area (Å²) in [5, 5.41) is 0.608. The van der Waals surface area contributed by atoms with E-state index in [1.165, 1.54) is 14.6 Å². The van der Waals surface area contributed by atoms with E-state index in [2.05, 4.69) is 44.0 Å². The van der Waals surface area contributed by atoms with Crippen LogP contribution in [0, 0.1) is 6.92 Å². The van der Waals surface area contributed by atoms with Gasteiger partial charge in [0.1, 0.15) is 0 Å². The molecule has 0 spiro atoms. The molecule has 0 aliphatic carbocycles. The predicted octanol–water partition coefficient (Wildman–Crippen LogP) is 4.11. The third kappa shape index (κ3) is 2.10. The first-order valence-electron chi connectivity index (χ1n) is 4.69. The second-order valence-corrected chi connectivity index (χ2v) is 6.47. The fraction of sp³-hybridized carbons (Fsp3) is 0.364. The van der Waals surface area contributed by atoms with E-state index in [9.17, 15) is 0 Å². The number of thiazole rings is 1. The molecule has 1 aromatic carbocycles. The third-order valence-corrected chi connectivity index (χ3v) is 3.99. The van der Waals surface area contributed by atoms with Crippen LogP contribution in [0.1, 0.15) is 19.4 Å². The Hall–Kier alpha value is -0.540. The molecule has 0 saturated carbocycles. The number of hydrogen-bond donors (Lipinski definition) is 0. The molecule has 2 rings (SSSR count). The Morgan fingerprint density at radius 1 is 1.36 bits per heavy atom. The summed E-state index contributed by atoms with van der Waals surface area (Å²) in [7, 11) is 0. The van der Waals surface area contributed by atoms with Gasteiger partial charge >= 0.3 is 0 Å². The van der Waals surface area contributed by atoms with Gasteiger partial charge in [-0.1, -0.05) is 31.7 Å². The molecule has 1 heterocycles. The van der Waals surface area contributed by atoms with Crippen LogP contribution in [0.5, 0.6) is 0 Å². The second-order valence-electron chi connectivity index (χ2n) is 3.62. The summed E-state index contributed by atoms with van der Waals surface area (Å²) < 4.78 is 2.47. The minimum absolute atomic E-state index is 0.608. The van der Waals surface area contributed by atoms with Gasteiger partial charge in [-0.15, -0.1) is 11.3 Å². The summed E-state index contributed by atoms with van der Waals surface area (Å²) in [6.07, 6.45) is 0. The van der Waals surface area contributed by atoms with E-state index in [4.69, 9.17) is 0 Å². The Labute approximate surface area is 92.6 Å². The van der Waals surface area contributed by atoms with E-state index >= 15 is 0 Å². The normalized spacial score (nSPS) is 11.4. The zero-order valence-corrected chi connectivity index (χ0v) is 10.2. The molecule has 0 aliphatic rings. The van der Waals surface area contributed by atoms with Crippen molar-refractivity contribution < 1.29 is 0 Å². The van der Waals surface area contributed by atoms with Crippen LogP contribution in [0.15, 0.2) is 22.5 Å². The van der Waals surface area contributed by atoms with E-state index < -0.39 is 0 Å². The minimum atomic E-state index is 0.608. The molecule has 0 fully saturated rings. The number of hydrogen-bond acceptors (Lipinski definition) is 3. The van der Waals surface area contributed by atoms with E-state index in [0.29, 0.717) is 5.25 Å². The summed E-state index contributed by atoms with van der Waals surface area (Å²) in [4.78, 5) is 4.60. The fourth-order valence-corrected chi connectivity index (χ4v) is 3.54. The van der Waals surface area contributed by atoms with Gasteiger partial charge in [0.15, 0.2) is 4.34 Å². The molecule has 0 bridgehead atoms. The predicted molar refractivity (Wildman–Crippen MR) is 65.4 cm³/mol. The second kappa shape index (κ2) is 3.91. The lowest BCUT2D eigenvalue weighted by atomic mass is 10.2. The molecule has 3 heteroatoms. The Morgan fingerprint density at radius 2 is 2.14 bits per heavy atom. The summed E-state index contributed by atoms with van der Waals surface area (Å²) in [5.41, 5.74) is 2.42. The van der Waals surface area contributed by atoms with Crippen LogP contribution in [0.4, 0.5) is 0 Å². The zero-order chi connectivity index (χ0) is 10.1. The maximum absolute atomic E-state index is 4.60. The number of rotatable bonds is 2. The molecule has 74 valence electrons. The topological polar surface area (TPSA) is 12.9 Å². The van der Waals surface area contributed by atoms with E-state index in [1.807, 2.05) is 11.8 Å². The van der Waals surface area contributed by atoms with Crippen LogP contribution in [0.3, 0.4) is 0 Å². The Balaban J connectivity index is 2.41. The van der Waals surface area contributed by atoms with Crippen molar-refractivity contribution in [1.29, 1.82) is 0 Å². The van der Waals surface area contributed by atoms with Crippen LogP contribution < -0.4 is 0 Å². The highest BCUT2D eigenvalue weighted by Crippen LogP contribution is 2.31. The van der Waals surface area contributed by atoms with Crippen LogP contribution >= 0.6 is 23.1 Å². The maximum atomic E-state index is 4.60. The lowest BCUT2D eigenvalue weighted by Crippen LogP contribution is -1.83. The van der Waals surface area contributed by atoms with Crippen LogP contribution in [-0.2, 0) is 0 Å². The van der Waals surface area contributed by atoms with Gasteiger partial charge in [-0.3, -0.25) is 0 Å². The van der Waals surface area contributed by atoms with Crippen molar-refractivity contribution in [2.24, 2.45) is 0 Å². The van der Waals surface area contributed by atoms with Crippen molar-refractivity contribution in [3.8, 4) is 0 Å². The molecule has 0 aliphatic heterocycles. The lowest BCUT2D eigenvalue weighted by Gasteiger charge is -1.97. The molecule has 0 amide bonds. The maximum Gasteiger partial charge on any atom is 0.151 e. The third-order valence-electron chi connectivity index (χ3n) is 1.86. The molecule has 0 saturated heterocycles. The molecule has 14 heavy (non-hydrogen) atoms. The van der Waals surface area contributed by atoms with Crippen molar-refractivity contribution in [3.63, 3.8) is 0 Å². The Bertz CT molecular complexity index is 445. The highest BCUT2D eigenvalue weighted by atomic mass is 32.2. The first-order chi connectivity index (χ1) is 6.65. The zero-order valence-electron chi connectivity index (χ0n) is 8.57. The molecule has 0 atom stereocenters. The minimum Gasteiger partial charge on any atom is -0.230 e. The SMILES string of the molecule is Cc1ccc2sc(SC(C)C)nc2c1. The number of aryl methyl sites for hydroxylation is 1. The van der Waals surface area contributed by atoms with Gasteiger partial charge in [-0.2, -0.15) is 0 Å². The number of fused-ring (bicyclic) bond motifs is 1. The largest absolute Gasteiger partial charge is 0.230 e. The molecule has 1 aromatic heterocycles. The number of benzene rings is 1. The summed E-state index contributed by atoms with van der Waals surface area (Å²) >= 11 is 3.62. The smallest absolute Gasteiger partial charge is 0.151 e. The summed E-state index contributed by atoms with van der Waals surface area (Å²) in [6, 6.07) is 6.45. The monoisotopic (exact) mass is 223 g/mol. The van der Waals surface area contributed by atoms with Gasteiger partial charge in [-0.05, 0) is 24.6 Å². The molecule has 0 unspecified atom stereocenters. The number of nitrogens with zero attached hydrogens (tertiary/aromatic N) is 1. The quantitative estimate of drug-likeness (QED) is 0.711. The van der Waals surface area contributed by atoms with Gasteiger partial charge in [0, 0.05) is 5.25 Å². The van der Waals surface area contributed by atoms with Gasteiger partial charge in [0.05, 0.1) is 10.2 Å². The molecule has 1 nitrogen and oxygen atoms in total. The number of thioether (sulfide) groups is 1. The highest BCUT2D eigenvalue weighted by Gasteiger charge is 2.05. The van der Waals surface area contributed by atoms with Crippen molar-refractivity contribution >= 4 is 33.3 Å². The summed E-state index contributed by atoms with van der Waals surface area (Å²) in [5.74, 6) is 0. The molecular weight excluding hydrogens is 210 g/mol. The van der Waals surface area contributed by atoms with Gasteiger partial charge in [0.25, 0.3) is 0 Å².